The van der Waals surface area contributed by atoms with E-state index in [1.54, 1.807) is 18.2 Å². The van der Waals surface area contributed by atoms with Crippen LogP contribution in [0.15, 0.2) is 18.2 Å². The zero-order valence-electron chi connectivity index (χ0n) is 10.4. The number of benzene rings is 1. The first-order valence-electron chi connectivity index (χ1n) is 5.75. The van der Waals surface area contributed by atoms with Crippen molar-refractivity contribution in [2.24, 2.45) is 11.7 Å². The number of hydrogen-bond acceptors (Lipinski definition) is 4. The van der Waals surface area contributed by atoms with Crippen molar-refractivity contribution in [3.05, 3.63) is 23.8 Å². The van der Waals surface area contributed by atoms with E-state index in [0.717, 1.165) is 0 Å². The van der Waals surface area contributed by atoms with Crippen LogP contribution in [0.5, 0.6) is 11.5 Å². The number of ether oxygens (including phenoxy) is 3. The van der Waals surface area contributed by atoms with Crippen molar-refractivity contribution in [2.75, 3.05) is 13.4 Å². The lowest BCUT2D eigenvalue weighted by atomic mass is 10.1. The Morgan fingerprint density at radius 1 is 1.35 bits per heavy atom. The molecule has 1 aliphatic rings. The minimum Gasteiger partial charge on any atom is -0.454 e. The van der Waals surface area contributed by atoms with E-state index in [4.69, 9.17) is 25.4 Å². The van der Waals surface area contributed by atoms with Crippen LogP contribution in [0.2, 0.25) is 0 Å². The maximum atomic E-state index is 12.5. The molecule has 5 nitrogen and oxygen atoms in total. The van der Waals surface area contributed by atoms with Gasteiger partial charge in [-0.05, 0) is 17.7 Å². The highest BCUT2D eigenvalue weighted by Crippen LogP contribution is 2.33. The van der Waals surface area contributed by atoms with Crippen LogP contribution in [0.4, 0.5) is 13.2 Å². The summed E-state index contributed by atoms with van der Waals surface area (Å²) >= 11 is 0. The molecule has 1 aromatic rings. The lowest BCUT2D eigenvalue weighted by Gasteiger charge is -2.18. The Hall–Kier alpha value is -1.96. The fraction of sp³-hybridized carbons (Fsp3) is 0.417. The number of amidine groups is 1. The van der Waals surface area contributed by atoms with Gasteiger partial charge in [-0.25, -0.2) is 0 Å². The molecule has 0 saturated heterocycles. The summed E-state index contributed by atoms with van der Waals surface area (Å²) in [6.07, 6.45) is -4.58. The van der Waals surface area contributed by atoms with Gasteiger partial charge < -0.3 is 19.9 Å². The molecule has 8 heteroatoms. The van der Waals surface area contributed by atoms with Gasteiger partial charge in [-0.3, -0.25) is 5.41 Å². The number of fused-ring (bicyclic) bond motifs is 1. The zero-order valence-corrected chi connectivity index (χ0v) is 10.4. The molecule has 3 N–H and O–H groups in total. The van der Waals surface area contributed by atoms with E-state index >= 15 is 0 Å². The van der Waals surface area contributed by atoms with Crippen LogP contribution in [0.1, 0.15) is 5.56 Å². The Kier molecular flexibility index (Phi) is 4.03. The highest BCUT2D eigenvalue weighted by atomic mass is 19.4. The van der Waals surface area contributed by atoms with Crippen molar-refractivity contribution >= 4 is 5.84 Å². The van der Waals surface area contributed by atoms with Crippen LogP contribution in [0.3, 0.4) is 0 Å². The van der Waals surface area contributed by atoms with E-state index in [9.17, 15) is 13.2 Å². The molecule has 1 atom stereocenters. The quantitative estimate of drug-likeness (QED) is 0.642. The summed E-state index contributed by atoms with van der Waals surface area (Å²) in [7, 11) is 0. The maximum Gasteiger partial charge on any atom is 0.400 e. The molecule has 0 amide bonds. The van der Waals surface area contributed by atoms with Gasteiger partial charge >= 0.3 is 6.18 Å². The van der Waals surface area contributed by atoms with E-state index in [-0.39, 0.29) is 13.4 Å². The Labute approximate surface area is 112 Å². The lowest BCUT2D eigenvalue weighted by Crippen LogP contribution is -2.38. The highest BCUT2D eigenvalue weighted by molar-refractivity contribution is 5.80. The van der Waals surface area contributed by atoms with Crippen LogP contribution in [-0.4, -0.2) is 25.4 Å². The summed E-state index contributed by atoms with van der Waals surface area (Å²) in [6, 6.07) is 4.97. The molecular weight excluding hydrogens is 277 g/mol. The first-order valence-corrected chi connectivity index (χ1v) is 5.75. The third-order valence-electron chi connectivity index (χ3n) is 2.76. The highest BCUT2D eigenvalue weighted by Gasteiger charge is 2.42. The molecule has 0 aliphatic carbocycles. The average Bonchev–Trinajstić information content (AvgIpc) is 2.79. The molecule has 110 valence electrons. The van der Waals surface area contributed by atoms with Crippen LogP contribution < -0.4 is 15.2 Å². The maximum absolute atomic E-state index is 12.5. The molecular formula is C12H13F3N2O3. The number of halogens is 3. The number of alkyl halides is 3. The van der Waals surface area contributed by atoms with Crippen molar-refractivity contribution in [1.29, 1.82) is 5.41 Å². The second kappa shape index (κ2) is 5.58. The van der Waals surface area contributed by atoms with E-state index in [2.05, 4.69) is 0 Å². The van der Waals surface area contributed by atoms with Crippen LogP contribution in [-0.2, 0) is 11.3 Å². The summed E-state index contributed by atoms with van der Waals surface area (Å²) in [6.45, 7) is -0.593. The molecule has 0 bridgehead atoms. The molecule has 0 radical (unpaired) electrons. The molecule has 20 heavy (non-hydrogen) atoms. The molecule has 1 aromatic carbocycles. The van der Waals surface area contributed by atoms with Gasteiger partial charge in [-0.1, -0.05) is 6.07 Å². The molecule has 1 unspecified atom stereocenters. The largest absolute Gasteiger partial charge is 0.454 e. The Morgan fingerprint density at radius 3 is 2.70 bits per heavy atom. The SMILES string of the molecule is N=C(N)C(COCc1ccc2c(c1)OCO2)C(F)(F)F. The Bertz CT molecular complexity index is 505. The number of rotatable bonds is 5. The summed E-state index contributed by atoms with van der Waals surface area (Å²) < 4.78 is 52.9. The second-order valence-corrected chi connectivity index (χ2v) is 4.25. The number of nitrogens with two attached hydrogens (primary N) is 1. The van der Waals surface area contributed by atoms with E-state index in [1.807, 2.05) is 0 Å². The van der Waals surface area contributed by atoms with Crippen LogP contribution in [0, 0.1) is 11.3 Å². The van der Waals surface area contributed by atoms with E-state index in [1.165, 1.54) is 0 Å². The number of nitrogens with one attached hydrogen (secondary N) is 1. The van der Waals surface area contributed by atoms with Gasteiger partial charge in [0.15, 0.2) is 11.5 Å². The Balaban J connectivity index is 1.91. The van der Waals surface area contributed by atoms with Crippen molar-refractivity contribution in [3.63, 3.8) is 0 Å². The van der Waals surface area contributed by atoms with Crippen molar-refractivity contribution in [2.45, 2.75) is 12.8 Å². The standard InChI is InChI=1S/C12H13F3N2O3/c13-12(14,15)8(11(16)17)5-18-4-7-1-2-9-10(3-7)20-6-19-9/h1-3,8H,4-6H2,(H3,16,17). The number of hydrogen-bond donors (Lipinski definition) is 2. The minimum atomic E-state index is -4.58. The monoisotopic (exact) mass is 290 g/mol. The molecule has 0 spiro atoms. The van der Waals surface area contributed by atoms with Gasteiger partial charge in [0.25, 0.3) is 0 Å². The third kappa shape index (κ3) is 3.32. The van der Waals surface area contributed by atoms with Crippen LogP contribution >= 0.6 is 0 Å². The van der Waals surface area contributed by atoms with Gasteiger partial charge in [-0.15, -0.1) is 0 Å². The average molecular weight is 290 g/mol. The van der Waals surface area contributed by atoms with Crippen LogP contribution in [0.25, 0.3) is 0 Å². The first kappa shape index (κ1) is 14.4. The summed E-state index contributed by atoms with van der Waals surface area (Å²) in [5, 5.41) is 6.93. The van der Waals surface area contributed by atoms with Gasteiger partial charge in [-0.2, -0.15) is 13.2 Å². The molecule has 0 saturated carbocycles. The minimum absolute atomic E-state index is 0.0312. The summed E-state index contributed by atoms with van der Waals surface area (Å²) in [5.41, 5.74) is 5.57. The fourth-order valence-electron chi connectivity index (χ4n) is 1.69. The lowest BCUT2D eigenvalue weighted by molar-refractivity contribution is -0.169. The topological polar surface area (TPSA) is 77.6 Å². The van der Waals surface area contributed by atoms with Crippen molar-refractivity contribution in [1.82, 2.24) is 0 Å². The van der Waals surface area contributed by atoms with Gasteiger partial charge in [0, 0.05) is 0 Å². The molecule has 1 heterocycles. The smallest absolute Gasteiger partial charge is 0.400 e. The molecule has 0 fully saturated rings. The first-order chi connectivity index (χ1) is 9.38. The third-order valence-corrected chi connectivity index (χ3v) is 2.76. The van der Waals surface area contributed by atoms with Gasteiger partial charge in [0.1, 0.15) is 11.8 Å². The van der Waals surface area contributed by atoms with Gasteiger partial charge in [0.2, 0.25) is 6.79 Å². The van der Waals surface area contributed by atoms with Gasteiger partial charge in [0.05, 0.1) is 13.2 Å². The molecule has 1 aliphatic heterocycles. The van der Waals surface area contributed by atoms with E-state index in [0.29, 0.717) is 17.1 Å². The predicted molar refractivity (Wildman–Crippen MR) is 63.7 cm³/mol. The second-order valence-electron chi connectivity index (χ2n) is 4.25. The summed E-state index contributed by atoms with van der Waals surface area (Å²) in [5.74, 6) is -1.92. The Morgan fingerprint density at radius 2 is 2.05 bits per heavy atom. The normalized spacial score (nSPS) is 15.2. The molecule has 0 aromatic heterocycles. The van der Waals surface area contributed by atoms with E-state index < -0.39 is 24.5 Å². The van der Waals surface area contributed by atoms with Crippen molar-refractivity contribution in [3.8, 4) is 11.5 Å². The van der Waals surface area contributed by atoms with Crippen molar-refractivity contribution < 1.29 is 27.4 Å². The summed E-state index contributed by atoms with van der Waals surface area (Å²) in [4.78, 5) is 0. The zero-order chi connectivity index (χ0) is 14.8. The predicted octanol–water partition coefficient (Wildman–Crippen LogP) is 2.05. The fourth-order valence-corrected chi connectivity index (χ4v) is 1.69. The molecule has 2 rings (SSSR count).